The molecule has 31 heavy (non-hydrogen) atoms. The number of carbonyl (C=O) groups is 2. The number of carbonyl (C=O) groups excluding carboxylic acids is 2. The number of aromatic nitrogens is 2. The van der Waals surface area contributed by atoms with Crippen molar-refractivity contribution in [1.82, 2.24) is 15.3 Å². The minimum absolute atomic E-state index is 0.0988. The number of rotatable bonds is 6. The zero-order valence-electron chi connectivity index (χ0n) is 17.3. The molecule has 1 aliphatic rings. The monoisotopic (exact) mass is 458 g/mol. The maximum atomic E-state index is 13.0. The van der Waals surface area contributed by atoms with Crippen molar-refractivity contribution in [3.8, 4) is 0 Å². The van der Waals surface area contributed by atoms with Crippen molar-refractivity contribution in [3.63, 3.8) is 0 Å². The van der Waals surface area contributed by atoms with Gasteiger partial charge >= 0.3 is 0 Å². The van der Waals surface area contributed by atoms with Crippen molar-refractivity contribution >= 4 is 51.9 Å². The highest BCUT2D eigenvalue weighted by molar-refractivity contribution is 8.00. The summed E-state index contributed by atoms with van der Waals surface area (Å²) in [7, 11) is 1.57. The van der Waals surface area contributed by atoms with Crippen LogP contribution in [0.4, 0.5) is 5.69 Å². The number of hydrogen-bond donors (Lipinski definition) is 2. The van der Waals surface area contributed by atoms with Crippen LogP contribution in [0.5, 0.6) is 0 Å². The van der Waals surface area contributed by atoms with E-state index in [9.17, 15) is 9.59 Å². The highest BCUT2D eigenvalue weighted by Gasteiger charge is 2.23. The first-order valence-electron chi connectivity index (χ1n) is 9.90. The van der Waals surface area contributed by atoms with E-state index in [1.807, 2.05) is 25.1 Å². The number of benzene rings is 2. The summed E-state index contributed by atoms with van der Waals surface area (Å²) in [6, 6.07) is 10.3. The summed E-state index contributed by atoms with van der Waals surface area (Å²) in [5.41, 5.74) is 3.81. The first-order chi connectivity index (χ1) is 15.0. The summed E-state index contributed by atoms with van der Waals surface area (Å²) >= 11 is 7.70. The molecule has 0 spiro atoms. The fourth-order valence-electron chi connectivity index (χ4n) is 3.64. The van der Waals surface area contributed by atoms with Crippen LogP contribution in [-0.2, 0) is 9.53 Å². The summed E-state index contributed by atoms with van der Waals surface area (Å²) < 4.78 is 5.30. The Morgan fingerprint density at radius 3 is 2.94 bits per heavy atom. The van der Waals surface area contributed by atoms with Crippen molar-refractivity contribution in [3.05, 3.63) is 58.4 Å². The molecule has 4 rings (SSSR count). The number of thioether (sulfide) groups is 1. The Morgan fingerprint density at radius 1 is 1.35 bits per heavy atom. The van der Waals surface area contributed by atoms with Crippen molar-refractivity contribution in [2.45, 2.75) is 13.0 Å². The van der Waals surface area contributed by atoms with Crippen LogP contribution in [0.25, 0.3) is 11.0 Å². The number of fused-ring (bicyclic) bond motifs is 1. The number of methoxy groups -OCH3 is 1. The molecule has 1 aromatic heterocycles. The molecule has 1 saturated heterocycles. The summed E-state index contributed by atoms with van der Waals surface area (Å²) in [6.07, 6.45) is 0. The third-order valence-corrected chi connectivity index (χ3v) is 6.32. The lowest BCUT2D eigenvalue weighted by molar-refractivity contribution is -0.116. The van der Waals surface area contributed by atoms with E-state index >= 15 is 0 Å². The molecular formula is C22H23ClN4O3S. The minimum Gasteiger partial charge on any atom is -0.382 e. The minimum atomic E-state index is -0.454. The lowest BCUT2D eigenvalue weighted by Crippen LogP contribution is -2.38. The van der Waals surface area contributed by atoms with Gasteiger partial charge in [-0.2, -0.15) is 11.8 Å². The van der Waals surface area contributed by atoms with E-state index in [4.69, 9.17) is 16.3 Å². The first-order valence-corrected chi connectivity index (χ1v) is 11.4. The van der Waals surface area contributed by atoms with Crippen LogP contribution in [0.15, 0.2) is 36.4 Å². The molecule has 9 heteroatoms. The molecule has 1 atom stereocenters. The quantitative estimate of drug-likeness (QED) is 0.587. The highest BCUT2D eigenvalue weighted by Crippen LogP contribution is 2.26. The number of nitrogens with one attached hydrogen (secondary N) is 2. The van der Waals surface area contributed by atoms with Gasteiger partial charge in [0.05, 0.1) is 23.4 Å². The van der Waals surface area contributed by atoms with Crippen molar-refractivity contribution in [1.29, 1.82) is 0 Å². The molecule has 162 valence electrons. The van der Waals surface area contributed by atoms with Crippen molar-refractivity contribution < 1.29 is 14.3 Å². The van der Waals surface area contributed by atoms with Gasteiger partial charge in [-0.1, -0.05) is 11.6 Å². The number of halogens is 1. The fraction of sp³-hybridized carbons (Fsp3) is 0.318. The topological polar surface area (TPSA) is 87.3 Å². The van der Waals surface area contributed by atoms with Gasteiger partial charge in [-0.15, -0.1) is 0 Å². The zero-order chi connectivity index (χ0) is 22.0. The van der Waals surface area contributed by atoms with Gasteiger partial charge in [-0.3, -0.25) is 9.59 Å². The van der Waals surface area contributed by atoms with E-state index in [2.05, 4.69) is 15.3 Å². The van der Waals surface area contributed by atoms with Gasteiger partial charge in [0, 0.05) is 35.7 Å². The molecule has 3 aromatic rings. The van der Waals surface area contributed by atoms with Crippen LogP contribution in [-0.4, -0.2) is 53.5 Å². The molecule has 1 aliphatic heterocycles. The first kappa shape index (κ1) is 21.7. The molecule has 0 saturated carbocycles. The van der Waals surface area contributed by atoms with E-state index in [0.29, 0.717) is 28.7 Å². The van der Waals surface area contributed by atoms with Crippen LogP contribution in [0.1, 0.15) is 27.8 Å². The summed E-state index contributed by atoms with van der Waals surface area (Å²) in [4.78, 5) is 34.8. The highest BCUT2D eigenvalue weighted by atomic mass is 35.5. The van der Waals surface area contributed by atoms with E-state index in [1.165, 1.54) is 0 Å². The van der Waals surface area contributed by atoms with E-state index in [1.54, 1.807) is 42.0 Å². The van der Waals surface area contributed by atoms with Gasteiger partial charge in [0.2, 0.25) is 5.91 Å². The second-order valence-corrected chi connectivity index (χ2v) is 8.91. The Hall–Kier alpha value is -2.55. The fourth-order valence-corrected chi connectivity index (χ4v) is 4.59. The Balaban J connectivity index is 1.54. The molecular weight excluding hydrogens is 436 g/mol. The van der Waals surface area contributed by atoms with Gasteiger partial charge in [0.15, 0.2) is 0 Å². The van der Waals surface area contributed by atoms with Gasteiger partial charge in [0.25, 0.3) is 5.91 Å². The Labute approximate surface area is 189 Å². The Morgan fingerprint density at radius 2 is 2.19 bits per heavy atom. The van der Waals surface area contributed by atoms with Gasteiger partial charge in [0.1, 0.15) is 11.9 Å². The van der Waals surface area contributed by atoms with E-state index in [-0.39, 0.29) is 18.4 Å². The molecule has 2 aromatic carbocycles. The lowest BCUT2D eigenvalue weighted by atomic mass is 10.1. The molecule has 2 amide bonds. The number of aromatic amines is 1. The smallest absolute Gasteiger partial charge is 0.251 e. The number of ether oxygens (including phenoxy) is 1. The second kappa shape index (κ2) is 9.30. The summed E-state index contributed by atoms with van der Waals surface area (Å²) in [5, 5.41) is 3.59. The third-order valence-electron chi connectivity index (χ3n) is 5.17. The second-order valence-electron chi connectivity index (χ2n) is 7.36. The molecule has 1 unspecified atom stereocenters. The maximum Gasteiger partial charge on any atom is 0.251 e. The van der Waals surface area contributed by atoms with Crippen LogP contribution in [0, 0.1) is 6.92 Å². The predicted molar refractivity (Wildman–Crippen MR) is 124 cm³/mol. The van der Waals surface area contributed by atoms with E-state index < -0.39 is 6.04 Å². The van der Waals surface area contributed by atoms with E-state index in [0.717, 1.165) is 28.0 Å². The SMILES string of the molecule is COCC(NC(=O)c1ccc(N2CCSCC2=O)c(C)c1)c1nc2ccc(Cl)cc2[nH]1. The van der Waals surface area contributed by atoms with Gasteiger partial charge in [-0.25, -0.2) is 4.98 Å². The van der Waals surface area contributed by atoms with Gasteiger partial charge in [-0.05, 0) is 48.9 Å². The largest absolute Gasteiger partial charge is 0.382 e. The molecule has 1 fully saturated rings. The molecule has 0 bridgehead atoms. The average Bonchev–Trinajstić information content (AvgIpc) is 3.17. The number of nitrogens with zero attached hydrogens (tertiary/aromatic N) is 2. The molecule has 7 nitrogen and oxygen atoms in total. The zero-order valence-corrected chi connectivity index (χ0v) is 18.8. The van der Waals surface area contributed by atoms with Crippen molar-refractivity contribution in [2.75, 3.05) is 36.7 Å². The number of imidazole rings is 1. The molecule has 0 aliphatic carbocycles. The maximum absolute atomic E-state index is 13.0. The number of H-pyrrole nitrogens is 1. The van der Waals surface area contributed by atoms with Crippen LogP contribution < -0.4 is 10.2 Å². The summed E-state index contributed by atoms with van der Waals surface area (Å²) in [5.74, 6) is 1.85. The van der Waals surface area contributed by atoms with Crippen LogP contribution in [0.3, 0.4) is 0 Å². The van der Waals surface area contributed by atoms with Crippen LogP contribution >= 0.6 is 23.4 Å². The third kappa shape index (κ3) is 4.71. The standard InChI is InChI=1S/C22H23ClN4O3S/c1-13-9-14(3-6-19(13)27-7-8-31-12-20(27)28)22(29)26-18(11-30-2)21-24-16-5-4-15(23)10-17(16)25-21/h3-6,9-10,18H,7-8,11-12H2,1-2H3,(H,24,25)(H,26,29). The Kier molecular flexibility index (Phi) is 6.50. The van der Waals surface area contributed by atoms with Crippen LogP contribution in [0.2, 0.25) is 5.02 Å². The lowest BCUT2D eigenvalue weighted by Gasteiger charge is -2.28. The molecule has 2 N–H and O–H groups in total. The predicted octanol–water partition coefficient (Wildman–Crippen LogP) is 3.72. The normalized spacial score (nSPS) is 15.3. The number of aryl methyl sites for hydroxylation is 1. The van der Waals surface area contributed by atoms with Gasteiger partial charge < -0.3 is 19.9 Å². The number of anilines is 1. The van der Waals surface area contributed by atoms with Crippen molar-refractivity contribution in [2.24, 2.45) is 0 Å². The summed E-state index contributed by atoms with van der Waals surface area (Å²) in [6.45, 7) is 2.86. The molecule has 0 radical (unpaired) electrons. The number of amides is 2. The Bertz CT molecular complexity index is 1130. The average molecular weight is 459 g/mol. The molecule has 2 heterocycles. The number of hydrogen-bond acceptors (Lipinski definition) is 5.